The van der Waals surface area contributed by atoms with Gasteiger partial charge in [-0.1, -0.05) is 12.1 Å². The van der Waals surface area contributed by atoms with Crippen LogP contribution in [-0.2, 0) is 27.3 Å². The monoisotopic (exact) mass is 423 g/mol. The maximum absolute atomic E-state index is 12.9. The Hall–Kier alpha value is -3.86. The van der Waals surface area contributed by atoms with Crippen LogP contribution in [0.3, 0.4) is 0 Å². The summed E-state index contributed by atoms with van der Waals surface area (Å²) in [6.45, 7) is 3.52. The molecule has 0 spiro atoms. The van der Waals surface area contributed by atoms with Gasteiger partial charge < -0.3 is 19.0 Å². The zero-order chi connectivity index (χ0) is 22.4. The Kier molecular flexibility index (Phi) is 6.88. The van der Waals surface area contributed by atoms with Crippen LogP contribution in [0.25, 0.3) is 0 Å². The number of aromatic nitrogens is 1. The molecule has 1 aromatic carbocycles. The summed E-state index contributed by atoms with van der Waals surface area (Å²) in [6.07, 6.45) is 2.00. The van der Waals surface area contributed by atoms with E-state index in [0.717, 1.165) is 16.8 Å². The molecule has 0 fully saturated rings. The Morgan fingerprint density at radius 3 is 2.61 bits per heavy atom. The van der Waals surface area contributed by atoms with Crippen LogP contribution in [0, 0.1) is 31.0 Å². The van der Waals surface area contributed by atoms with Gasteiger partial charge in [-0.05, 0) is 55.7 Å². The third-order valence-electron chi connectivity index (χ3n) is 4.99. The van der Waals surface area contributed by atoms with Crippen molar-refractivity contribution in [1.29, 1.82) is 5.26 Å². The predicted octanol–water partition coefficient (Wildman–Crippen LogP) is 3.87. The molecule has 0 radical (unpaired) electrons. The minimum absolute atomic E-state index is 0.0649. The van der Waals surface area contributed by atoms with Crippen molar-refractivity contribution < 1.29 is 23.1 Å². The van der Waals surface area contributed by atoms with Crippen molar-refractivity contribution >= 4 is 17.7 Å². The molecule has 0 aliphatic rings. The SMILES string of the molecule is Cc1c(C#N)c(NC(=O)COC(=O)CCc2ccc(F)cc2)n(Cc2ccco2)c1C. The quantitative estimate of drug-likeness (QED) is 0.555. The van der Waals surface area contributed by atoms with Crippen molar-refractivity contribution in [1.82, 2.24) is 4.57 Å². The Balaban J connectivity index is 1.60. The highest BCUT2D eigenvalue weighted by Crippen LogP contribution is 2.27. The maximum Gasteiger partial charge on any atom is 0.306 e. The van der Waals surface area contributed by atoms with E-state index in [-0.39, 0.29) is 12.2 Å². The summed E-state index contributed by atoms with van der Waals surface area (Å²) in [5, 5.41) is 12.2. The summed E-state index contributed by atoms with van der Waals surface area (Å²) in [6, 6.07) is 11.5. The normalized spacial score (nSPS) is 10.5. The number of furan rings is 1. The fraction of sp³-hybridized carbons (Fsp3) is 0.261. The number of nitriles is 1. The van der Waals surface area contributed by atoms with E-state index in [9.17, 15) is 19.2 Å². The summed E-state index contributed by atoms with van der Waals surface area (Å²) >= 11 is 0. The molecule has 3 aromatic rings. The van der Waals surface area contributed by atoms with Crippen molar-refractivity contribution in [3.63, 3.8) is 0 Å². The number of amides is 1. The molecule has 8 heteroatoms. The fourth-order valence-corrected chi connectivity index (χ4v) is 3.17. The number of nitrogens with one attached hydrogen (secondary N) is 1. The zero-order valence-corrected chi connectivity index (χ0v) is 17.3. The summed E-state index contributed by atoms with van der Waals surface area (Å²) in [7, 11) is 0. The Morgan fingerprint density at radius 2 is 1.97 bits per heavy atom. The van der Waals surface area contributed by atoms with Crippen LogP contribution in [-0.4, -0.2) is 23.1 Å². The number of nitrogens with zero attached hydrogens (tertiary/aromatic N) is 2. The number of aryl methyl sites for hydroxylation is 1. The van der Waals surface area contributed by atoms with E-state index in [4.69, 9.17) is 9.15 Å². The Morgan fingerprint density at radius 1 is 1.23 bits per heavy atom. The molecular formula is C23H22FN3O4. The summed E-state index contributed by atoms with van der Waals surface area (Å²) in [5.74, 6) is -0.434. The molecule has 0 atom stereocenters. The van der Waals surface area contributed by atoms with Gasteiger partial charge in [-0.25, -0.2) is 4.39 Å². The van der Waals surface area contributed by atoms with E-state index in [1.165, 1.54) is 12.1 Å². The molecule has 2 heterocycles. The number of anilines is 1. The van der Waals surface area contributed by atoms with Gasteiger partial charge in [0.25, 0.3) is 5.91 Å². The van der Waals surface area contributed by atoms with Crippen LogP contribution in [0.2, 0.25) is 0 Å². The van der Waals surface area contributed by atoms with Gasteiger partial charge in [0.15, 0.2) is 6.61 Å². The van der Waals surface area contributed by atoms with Crippen molar-refractivity contribution in [2.45, 2.75) is 33.2 Å². The van der Waals surface area contributed by atoms with Gasteiger partial charge >= 0.3 is 5.97 Å². The molecule has 1 amide bonds. The number of benzene rings is 1. The number of carbonyl (C=O) groups excluding carboxylic acids is 2. The lowest BCUT2D eigenvalue weighted by Crippen LogP contribution is -2.23. The molecule has 0 saturated carbocycles. The second-order valence-corrected chi connectivity index (χ2v) is 7.05. The van der Waals surface area contributed by atoms with Gasteiger partial charge in [0.1, 0.15) is 23.5 Å². The van der Waals surface area contributed by atoms with Gasteiger partial charge in [0, 0.05) is 12.1 Å². The lowest BCUT2D eigenvalue weighted by atomic mass is 10.1. The van der Waals surface area contributed by atoms with Crippen molar-refractivity contribution in [2.75, 3.05) is 11.9 Å². The molecular weight excluding hydrogens is 401 g/mol. The van der Waals surface area contributed by atoms with Crippen LogP contribution in [0.4, 0.5) is 10.2 Å². The first-order valence-electron chi connectivity index (χ1n) is 9.71. The van der Waals surface area contributed by atoms with Gasteiger partial charge in [-0.2, -0.15) is 5.26 Å². The number of hydrogen-bond acceptors (Lipinski definition) is 5. The van der Waals surface area contributed by atoms with E-state index in [1.54, 1.807) is 42.0 Å². The Bertz CT molecular complexity index is 1110. The van der Waals surface area contributed by atoms with Crippen molar-refractivity contribution in [3.8, 4) is 6.07 Å². The zero-order valence-electron chi connectivity index (χ0n) is 17.3. The fourth-order valence-electron chi connectivity index (χ4n) is 3.17. The lowest BCUT2D eigenvalue weighted by Gasteiger charge is -2.12. The molecule has 0 aliphatic carbocycles. The van der Waals surface area contributed by atoms with Gasteiger partial charge in [0.2, 0.25) is 0 Å². The number of esters is 1. The van der Waals surface area contributed by atoms with Crippen molar-refractivity contribution in [2.24, 2.45) is 0 Å². The molecule has 3 rings (SSSR count). The minimum atomic E-state index is -0.551. The number of rotatable bonds is 8. The average molecular weight is 423 g/mol. The molecule has 2 aromatic heterocycles. The standard InChI is InChI=1S/C23H22FN3O4/c1-15-16(2)27(13-19-4-3-11-30-19)23(20(15)12-25)26-21(28)14-31-22(29)10-7-17-5-8-18(24)9-6-17/h3-6,8-9,11H,7,10,13-14H2,1-2H3,(H,26,28). The van der Waals surface area contributed by atoms with Crippen LogP contribution < -0.4 is 5.32 Å². The van der Waals surface area contributed by atoms with Crippen LogP contribution in [0.5, 0.6) is 0 Å². The maximum atomic E-state index is 12.9. The molecule has 0 bridgehead atoms. The average Bonchev–Trinajstić information content (AvgIpc) is 3.35. The van der Waals surface area contributed by atoms with E-state index in [2.05, 4.69) is 11.4 Å². The molecule has 160 valence electrons. The summed E-state index contributed by atoms with van der Waals surface area (Å²) in [4.78, 5) is 24.3. The van der Waals surface area contributed by atoms with E-state index >= 15 is 0 Å². The number of ether oxygens (including phenoxy) is 1. The van der Waals surface area contributed by atoms with Crippen LogP contribution in [0.15, 0.2) is 47.1 Å². The van der Waals surface area contributed by atoms with E-state index in [0.29, 0.717) is 30.1 Å². The smallest absolute Gasteiger partial charge is 0.306 e. The first kappa shape index (κ1) is 21.8. The third kappa shape index (κ3) is 5.39. The summed E-state index contributed by atoms with van der Waals surface area (Å²) in [5.41, 5.74) is 2.71. The molecule has 7 nitrogen and oxygen atoms in total. The van der Waals surface area contributed by atoms with Gasteiger partial charge in [0.05, 0.1) is 18.4 Å². The van der Waals surface area contributed by atoms with Crippen LogP contribution >= 0.6 is 0 Å². The molecule has 1 N–H and O–H groups in total. The third-order valence-corrected chi connectivity index (χ3v) is 4.99. The highest BCUT2D eigenvalue weighted by molar-refractivity contribution is 5.93. The number of hydrogen-bond donors (Lipinski definition) is 1. The summed E-state index contributed by atoms with van der Waals surface area (Å²) < 4.78 is 25.1. The Labute approximate surface area is 179 Å². The van der Waals surface area contributed by atoms with Gasteiger partial charge in [-0.15, -0.1) is 0 Å². The minimum Gasteiger partial charge on any atom is -0.467 e. The molecule has 0 saturated heterocycles. The molecule has 31 heavy (non-hydrogen) atoms. The van der Waals surface area contributed by atoms with Gasteiger partial charge in [-0.3, -0.25) is 9.59 Å². The molecule has 0 unspecified atom stereocenters. The first-order valence-corrected chi connectivity index (χ1v) is 9.71. The lowest BCUT2D eigenvalue weighted by molar-refractivity contribution is -0.147. The molecule has 0 aliphatic heterocycles. The predicted molar refractivity (Wildman–Crippen MR) is 111 cm³/mol. The topological polar surface area (TPSA) is 97.3 Å². The highest BCUT2D eigenvalue weighted by atomic mass is 19.1. The second-order valence-electron chi connectivity index (χ2n) is 7.05. The van der Waals surface area contributed by atoms with E-state index < -0.39 is 18.5 Å². The van der Waals surface area contributed by atoms with Crippen LogP contribution in [0.1, 0.15) is 34.6 Å². The highest BCUT2D eigenvalue weighted by Gasteiger charge is 2.21. The second kappa shape index (κ2) is 9.76. The largest absolute Gasteiger partial charge is 0.467 e. The number of halogens is 1. The van der Waals surface area contributed by atoms with E-state index in [1.807, 2.05) is 6.92 Å². The first-order chi connectivity index (χ1) is 14.9. The van der Waals surface area contributed by atoms with Crippen molar-refractivity contribution in [3.05, 3.63) is 76.6 Å². The number of carbonyl (C=O) groups is 2.